The van der Waals surface area contributed by atoms with E-state index in [-0.39, 0.29) is 17.3 Å². The van der Waals surface area contributed by atoms with Gasteiger partial charge in [-0.3, -0.25) is 0 Å². The summed E-state index contributed by atoms with van der Waals surface area (Å²) < 4.78 is 0. The highest BCUT2D eigenvalue weighted by atomic mass is 16.4. The number of carboxylic acids is 1. The Bertz CT molecular complexity index is 240. The molecule has 2 N–H and O–H groups in total. The number of aliphatic carboxylic acids is 1. The average Bonchev–Trinajstić information content (AvgIpc) is 2.03. The maximum absolute atomic E-state index is 10.5. The normalized spacial score (nSPS) is 23.8. The molecule has 0 saturated heterocycles. The Hall–Kier alpha value is -1.25. The van der Waals surface area contributed by atoms with Crippen LogP contribution in [0.3, 0.4) is 0 Å². The lowest BCUT2D eigenvalue weighted by Crippen LogP contribution is -2.14. The molecule has 0 fully saturated rings. The van der Waals surface area contributed by atoms with Crippen LogP contribution in [0.1, 0.15) is 19.3 Å². The van der Waals surface area contributed by atoms with Gasteiger partial charge in [0.25, 0.3) is 0 Å². The lowest BCUT2D eigenvalue weighted by Gasteiger charge is -2.19. The van der Waals surface area contributed by atoms with Gasteiger partial charge in [-0.15, -0.1) is 6.58 Å². The first-order chi connectivity index (χ1) is 5.65. The Morgan fingerprint density at radius 3 is 2.75 bits per heavy atom. The van der Waals surface area contributed by atoms with Gasteiger partial charge in [-0.05, 0) is 18.8 Å². The minimum Gasteiger partial charge on any atom is -0.512 e. The van der Waals surface area contributed by atoms with E-state index in [4.69, 9.17) is 5.11 Å². The van der Waals surface area contributed by atoms with Crippen molar-refractivity contribution in [1.29, 1.82) is 0 Å². The number of aliphatic hydroxyl groups is 1. The summed E-state index contributed by atoms with van der Waals surface area (Å²) in [5.41, 5.74) is 0.160. The fourth-order valence-corrected chi connectivity index (χ4v) is 1.38. The maximum Gasteiger partial charge on any atom is 0.334 e. The molecule has 66 valence electrons. The van der Waals surface area contributed by atoms with Crippen molar-refractivity contribution in [3.63, 3.8) is 0 Å². The highest BCUT2D eigenvalue weighted by Crippen LogP contribution is 2.28. The summed E-state index contributed by atoms with van der Waals surface area (Å²) >= 11 is 0. The molecular weight excluding hydrogens is 156 g/mol. The molecule has 0 spiro atoms. The van der Waals surface area contributed by atoms with Crippen LogP contribution in [0.25, 0.3) is 0 Å². The molecule has 0 aromatic carbocycles. The van der Waals surface area contributed by atoms with Gasteiger partial charge in [-0.25, -0.2) is 4.79 Å². The molecule has 1 rings (SSSR count). The zero-order valence-electron chi connectivity index (χ0n) is 6.79. The van der Waals surface area contributed by atoms with Crippen molar-refractivity contribution in [2.75, 3.05) is 0 Å². The number of aliphatic hydroxyl groups excluding tert-OH is 1. The molecule has 3 nitrogen and oxygen atoms in total. The van der Waals surface area contributed by atoms with E-state index in [0.29, 0.717) is 12.8 Å². The van der Waals surface area contributed by atoms with Crippen LogP contribution < -0.4 is 0 Å². The molecule has 0 amide bonds. The number of carbonyl (C=O) groups is 1. The van der Waals surface area contributed by atoms with Crippen LogP contribution in [0.2, 0.25) is 0 Å². The molecule has 0 aromatic rings. The molecule has 0 aromatic heterocycles. The van der Waals surface area contributed by atoms with Gasteiger partial charge >= 0.3 is 5.97 Å². The minimum atomic E-state index is -1.00. The molecule has 0 radical (unpaired) electrons. The second-order valence-corrected chi connectivity index (χ2v) is 2.97. The molecule has 1 unspecified atom stereocenters. The van der Waals surface area contributed by atoms with E-state index < -0.39 is 5.97 Å². The predicted octanol–water partition coefficient (Wildman–Crippen LogP) is 1.87. The van der Waals surface area contributed by atoms with Crippen molar-refractivity contribution in [1.82, 2.24) is 0 Å². The third kappa shape index (κ3) is 1.67. The smallest absolute Gasteiger partial charge is 0.334 e. The van der Waals surface area contributed by atoms with Gasteiger partial charge in [-0.1, -0.05) is 6.08 Å². The van der Waals surface area contributed by atoms with Crippen LogP contribution in [0.15, 0.2) is 24.0 Å². The van der Waals surface area contributed by atoms with E-state index in [9.17, 15) is 9.90 Å². The molecule has 0 aliphatic heterocycles. The van der Waals surface area contributed by atoms with Crippen LogP contribution in [0.5, 0.6) is 0 Å². The minimum absolute atomic E-state index is 0.0126. The lowest BCUT2D eigenvalue weighted by molar-refractivity contribution is -0.133. The average molecular weight is 168 g/mol. The van der Waals surface area contributed by atoms with Gasteiger partial charge in [0.05, 0.1) is 5.57 Å². The monoisotopic (exact) mass is 168 g/mol. The number of rotatable bonds is 2. The van der Waals surface area contributed by atoms with Crippen molar-refractivity contribution in [2.24, 2.45) is 5.92 Å². The zero-order chi connectivity index (χ0) is 9.14. The molecule has 1 atom stereocenters. The van der Waals surface area contributed by atoms with Gasteiger partial charge in [-0.2, -0.15) is 0 Å². The highest BCUT2D eigenvalue weighted by Gasteiger charge is 2.22. The second kappa shape index (κ2) is 3.43. The summed E-state index contributed by atoms with van der Waals surface area (Å²) in [4.78, 5) is 10.5. The zero-order valence-corrected chi connectivity index (χ0v) is 6.79. The summed E-state index contributed by atoms with van der Waals surface area (Å²) in [7, 11) is 0. The number of allylic oxidation sites excluding steroid dienone is 2. The van der Waals surface area contributed by atoms with E-state index in [1.165, 1.54) is 0 Å². The van der Waals surface area contributed by atoms with Crippen molar-refractivity contribution in [3.05, 3.63) is 24.0 Å². The quantitative estimate of drug-likeness (QED) is 0.619. The fraction of sp³-hybridized carbons (Fsp3) is 0.444. The van der Waals surface area contributed by atoms with Gasteiger partial charge in [0, 0.05) is 6.42 Å². The Kier molecular flexibility index (Phi) is 2.53. The van der Waals surface area contributed by atoms with Crippen molar-refractivity contribution in [2.45, 2.75) is 19.3 Å². The molecule has 1 aliphatic rings. The van der Waals surface area contributed by atoms with Gasteiger partial charge < -0.3 is 10.2 Å². The van der Waals surface area contributed by atoms with E-state index in [1.807, 2.05) is 0 Å². The Balaban J connectivity index is 2.77. The predicted molar refractivity (Wildman–Crippen MR) is 44.8 cm³/mol. The summed E-state index contributed by atoms with van der Waals surface area (Å²) in [5.74, 6) is -0.762. The first-order valence-electron chi connectivity index (χ1n) is 3.92. The van der Waals surface area contributed by atoms with Gasteiger partial charge in [0.15, 0.2) is 0 Å². The second-order valence-electron chi connectivity index (χ2n) is 2.97. The van der Waals surface area contributed by atoms with Crippen LogP contribution in [0, 0.1) is 5.92 Å². The van der Waals surface area contributed by atoms with Gasteiger partial charge in [0.2, 0.25) is 0 Å². The fourth-order valence-electron chi connectivity index (χ4n) is 1.38. The van der Waals surface area contributed by atoms with Crippen LogP contribution in [0.4, 0.5) is 0 Å². The molecule has 3 heteroatoms. The van der Waals surface area contributed by atoms with Crippen molar-refractivity contribution >= 4 is 5.97 Å². The largest absolute Gasteiger partial charge is 0.512 e. The third-order valence-corrected chi connectivity index (χ3v) is 2.16. The van der Waals surface area contributed by atoms with Crippen LogP contribution in [-0.2, 0) is 4.79 Å². The SMILES string of the molecule is C=CC1CCC(C(=O)O)=C(O)C1. The molecule has 0 heterocycles. The number of hydrogen-bond donors (Lipinski definition) is 2. The van der Waals surface area contributed by atoms with E-state index in [1.54, 1.807) is 6.08 Å². The summed E-state index contributed by atoms with van der Waals surface area (Å²) in [6, 6.07) is 0. The lowest BCUT2D eigenvalue weighted by atomic mass is 9.88. The van der Waals surface area contributed by atoms with Gasteiger partial charge in [0.1, 0.15) is 5.76 Å². The standard InChI is InChI=1S/C9H12O3/c1-2-6-3-4-7(9(11)12)8(10)5-6/h2,6,10H,1,3-5H2,(H,11,12). The van der Waals surface area contributed by atoms with E-state index >= 15 is 0 Å². The van der Waals surface area contributed by atoms with Crippen molar-refractivity contribution in [3.8, 4) is 0 Å². The molecule has 1 aliphatic carbocycles. The van der Waals surface area contributed by atoms with E-state index in [2.05, 4.69) is 6.58 Å². The molecule has 12 heavy (non-hydrogen) atoms. The first-order valence-corrected chi connectivity index (χ1v) is 3.92. The Labute approximate surface area is 71.0 Å². The topological polar surface area (TPSA) is 57.5 Å². The first kappa shape index (κ1) is 8.84. The maximum atomic E-state index is 10.5. The van der Waals surface area contributed by atoms with Crippen LogP contribution >= 0.6 is 0 Å². The van der Waals surface area contributed by atoms with Crippen LogP contribution in [-0.4, -0.2) is 16.2 Å². The summed E-state index contributed by atoms with van der Waals surface area (Å²) in [6.45, 7) is 3.61. The Morgan fingerprint density at radius 1 is 1.67 bits per heavy atom. The Morgan fingerprint density at radius 2 is 2.33 bits per heavy atom. The highest BCUT2D eigenvalue weighted by molar-refractivity contribution is 5.87. The summed E-state index contributed by atoms with van der Waals surface area (Å²) in [6.07, 6.45) is 3.40. The van der Waals surface area contributed by atoms with Crippen molar-refractivity contribution < 1.29 is 15.0 Å². The third-order valence-electron chi connectivity index (χ3n) is 2.16. The number of hydrogen-bond acceptors (Lipinski definition) is 2. The molecule has 0 saturated carbocycles. The molecule has 0 bridgehead atoms. The summed E-state index contributed by atoms with van der Waals surface area (Å²) in [5, 5.41) is 17.9. The van der Waals surface area contributed by atoms with E-state index in [0.717, 1.165) is 6.42 Å². The molecular formula is C9H12O3. The number of carboxylic acid groups (broad SMARTS) is 1.